The van der Waals surface area contributed by atoms with Gasteiger partial charge in [0.2, 0.25) is 5.91 Å². The fourth-order valence-corrected chi connectivity index (χ4v) is 4.90. The number of benzene rings is 2. The van der Waals surface area contributed by atoms with Crippen molar-refractivity contribution in [2.45, 2.75) is 72.4 Å². The molecule has 3 N–H and O–H groups in total. The Balaban J connectivity index is 2.43. The van der Waals surface area contributed by atoms with Crippen molar-refractivity contribution in [2.24, 2.45) is 5.92 Å². The Kier molecular flexibility index (Phi) is 15.0. The summed E-state index contributed by atoms with van der Waals surface area (Å²) < 4.78 is 0. The van der Waals surface area contributed by atoms with E-state index in [4.69, 9.17) is 0 Å². The second-order valence-corrected chi connectivity index (χ2v) is 11.8. The number of nitrogens with zero attached hydrogens (tertiary/aromatic N) is 3. The van der Waals surface area contributed by atoms with Crippen LogP contribution in [0.5, 0.6) is 0 Å². The molecular formula is C34H51N5O5. The third-order valence-electron chi connectivity index (χ3n) is 7.11. The summed E-state index contributed by atoms with van der Waals surface area (Å²) in [6.45, 7) is 11.5. The van der Waals surface area contributed by atoms with Crippen LogP contribution in [0, 0.1) is 5.92 Å². The molecule has 10 heteroatoms. The zero-order chi connectivity index (χ0) is 32.8. The molecule has 242 valence electrons. The van der Waals surface area contributed by atoms with Gasteiger partial charge in [0, 0.05) is 63.4 Å². The SMILES string of the molecule is CCCN(CCC)C(=O)c1cc(C(=O)NC(Cc2ccccc2)C(O)CN(CC)NC(=O)CC(C)C)cc(C(=O)N(C)C)c1. The molecule has 2 aromatic carbocycles. The van der Waals surface area contributed by atoms with E-state index in [9.17, 15) is 24.3 Å². The zero-order valence-electron chi connectivity index (χ0n) is 27.4. The molecular weight excluding hydrogens is 558 g/mol. The Labute approximate surface area is 262 Å². The molecule has 0 bridgehead atoms. The molecule has 0 radical (unpaired) electrons. The van der Waals surface area contributed by atoms with Gasteiger partial charge in [-0.15, -0.1) is 0 Å². The van der Waals surface area contributed by atoms with Crippen LogP contribution in [0.15, 0.2) is 48.5 Å². The number of hydrazine groups is 1. The minimum absolute atomic E-state index is 0.0873. The Bertz CT molecular complexity index is 1230. The van der Waals surface area contributed by atoms with Crippen molar-refractivity contribution in [3.05, 3.63) is 70.8 Å². The Morgan fingerprint density at radius 2 is 1.41 bits per heavy atom. The van der Waals surface area contributed by atoms with Crippen molar-refractivity contribution < 1.29 is 24.3 Å². The van der Waals surface area contributed by atoms with Crippen LogP contribution in [0.2, 0.25) is 0 Å². The first-order valence-corrected chi connectivity index (χ1v) is 15.6. The van der Waals surface area contributed by atoms with E-state index in [1.165, 1.54) is 23.1 Å². The van der Waals surface area contributed by atoms with Gasteiger partial charge in [0.1, 0.15) is 0 Å². The van der Waals surface area contributed by atoms with Crippen LogP contribution in [0.4, 0.5) is 0 Å². The molecule has 44 heavy (non-hydrogen) atoms. The molecule has 0 fully saturated rings. The summed E-state index contributed by atoms with van der Waals surface area (Å²) in [6, 6.07) is 13.3. The van der Waals surface area contributed by atoms with Gasteiger partial charge in [0.15, 0.2) is 0 Å². The second kappa shape index (κ2) is 18.1. The molecule has 0 aliphatic carbocycles. The fraction of sp³-hybridized carbons (Fsp3) is 0.529. The quantitative estimate of drug-likeness (QED) is 0.235. The number of nitrogens with one attached hydrogen (secondary N) is 2. The van der Waals surface area contributed by atoms with Gasteiger partial charge in [0.25, 0.3) is 17.7 Å². The molecule has 0 saturated heterocycles. The van der Waals surface area contributed by atoms with Gasteiger partial charge in [-0.3, -0.25) is 24.6 Å². The highest BCUT2D eigenvalue weighted by Crippen LogP contribution is 2.17. The maximum absolute atomic E-state index is 13.8. The van der Waals surface area contributed by atoms with Crippen LogP contribution in [-0.4, -0.2) is 96.0 Å². The van der Waals surface area contributed by atoms with Crippen molar-refractivity contribution in [1.82, 2.24) is 25.6 Å². The van der Waals surface area contributed by atoms with Crippen LogP contribution < -0.4 is 10.7 Å². The van der Waals surface area contributed by atoms with Gasteiger partial charge in [-0.2, -0.15) is 0 Å². The van der Waals surface area contributed by atoms with E-state index in [1.54, 1.807) is 24.0 Å². The third-order valence-corrected chi connectivity index (χ3v) is 7.11. The van der Waals surface area contributed by atoms with E-state index < -0.39 is 18.1 Å². The molecule has 2 aromatic rings. The van der Waals surface area contributed by atoms with E-state index >= 15 is 0 Å². The van der Waals surface area contributed by atoms with Crippen LogP contribution in [-0.2, 0) is 11.2 Å². The molecule has 2 atom stereocenters. The minimum atomic E-state index is -1.05. The van der Waals surface area contributed by atoms with Gasteiger partial charge in [0.05, 0.1) is 12.1 Å². The number of likely N-dealkylation sites (N-methyl/N-ethyl adjacent to an activating group) is 1. The largest absolute Gasteiger partial charge is 0.390 e. The summed E-state index contributed by atoms with van der Waals surface area (Å²) >= 11 is 0. The summed E-state index contributed by atoms with van der Waals surface area (Å²) in [5.74, 6) is -1.04. The first kappa shape index (κ1) is 36.4. The van der Waals surface area contributed by atoms with Crippen molar-refractivity contribution in [2.75, 3.05) is 40.3 Å². The van der Waals surface area contributed by atoms with Crippen LogP contribution in [0.3, 0.4) is 0 Å². The minimum Gasteiger partial charge on any atom is -0.390 e. The standard InChI is InChI=1S/C34H51N5O5/c1-8-16-38(17-9-2)34(44)28-21-26(20-27(22-28)33(43)37(6)7)32(42)35-29(19-25-14-12-11-13-15-25)30(40)23-39(10-3)36-31(41)18-24(4)5/h11-15,20-22,24,29-30,40H,8-10,16-19,23H2,1-7H3,(H,35,42)(H,36,41). The molecule has 0 saturated carbocycles. The maximum atomic E-state index is 13.8. The molecule has 4 amide bonds. The summed E-state index contributed by atoms with van der Waals surface area (Å²) in [4.78, 5) is 55.8. The summed E-state index contributed by atoms with van der Waals surface area (Å²) in [5.41, 5.74) is 4.40. The van der Waals surface area contributed by atoms with Crippen molar-refractivity contribution >= 4 is 23.6 Å². The van der Waals surface area contributed by atoms with Crippen LogP contribution in [0.25, 0.3) is 0 Å². The lowest BCUT2D eigenvalue weighted by Crippen LogP contribution is -2.53. The highest BCUT2D eigenvalue weighted by Gasteiger charge is 2.27. The van der Waals surface area contributed by atoms with Crippen molar-refractivity contribution in [3.63, 3.8) is 0 Å². The highest BCUT2D eigenvalue weighted by molar-refractivity contribution is 6.04. The topological polar surface area (TPSA) is 122 Å². The summed E-state index contributed by atoms with van der Waals surface area (Å²) in [6.07, 6.45) is 1.19. The smallest absolute Gasteiger partial charge is 0.253 e. The molecule has 0 aliphatic rings. The van der Waals surface area contributed by atoms with Gasteiger partial charge < -0.3 is 20.2 Å². The zero-order valence-corrected chi connectivity index (χ0v) is 27.4. The fourth-order valence-electron chi connectivity index (χ4n) is 4.90. The van der Waals surface area contributed by atoms with E-state index in [1.807, 2.05) is 65.0 Å². The van der Waals surface area contributed by atoms with E-state index in [0.29, 0.717) is 32.5 Å². The lowest BCUT2D eigenvalue weighted by atomic mass is 9.99. The Morgan fingerprint density at radius 3 is 1.93 bits per heavy atom. The summed E-state index contributed by atoms with van der Waals surface area (Å²) in [5, 5.41) is 16.0. The number of hydrogen-bond acceptors (Lipinski definition) is 6. The molecule has 0 aromatic heterocycles. The van der Waals surface area contributed by atoms with Crippen molar-refractivity contribution in [3.8, 4) is 0 Å². The van der Waals surface area contributed by atoms with Gasteiger partial charge >= 0.3 is 0 Å². The molecule has 10 nitrogen and oxygen atoms in total. The molecule has 0 spiro atoms. The van der Waals surface area contributed by atoms with E-state index in [0.717, 1.165) is 18.4 Å². The lowest BCUT2D eigenvalue weighted by Gasteiger charge is -2.30. The van der Waals surface area contributed by atoms with Crippen LogP contribution in [0.1, 0.15) is 90.5 Å². The van der Waals surface area contributed by atoms with Crippen LogP contribution >= 0.6 is 0 Å². The maximum Gasteiger partial charge on any atom is 0.253 e. The molecule has 2 rings (SSSR count). The predicted molar refractivity (Wildman–Crippen MR) is 173 cm³/mol. The second-order valence-electron chi connectivity index (χ2n) is 11.8. The number of rotatable bonds is 17. The number of hydrogen-bond donors (Lipinski definition) is 3. The number of aliphatic hydroxyl groups excluding tert-OH is 1. The predicted octanol–water partition coefficient (Wildman–Crippen LogP) is 3.75. The average molecular weight is 610 g/mol. The molecule has 0 aliphatic heterocycles. The van der Waals surface area contributed by atoms with Gasteiger partial charge in [-0.25, -0.2) is 5.01 Å². The normalized spacial score (nSPS) is 12.5. The van der Waals surface area contributed by atoms with E-state index in [2.05, 4.69) is 10.7 Å². The van der Waals surface area contributed by atoms with Gasteiger partial charge in [-0.05, 0) is 48.9 Å². The third kappa shape index (κ3) is 11.4. The first-order valence-electron chi connectivity index (χ1n) is 15.6. The number of carbonyl (C=O) groups is 4. The molecule has 2 unspecified atom stereocenters. The number of carbonyl (C=O) groups excluding carboxylic acids is 4. The Morgan fingerprint density at radius 1 is 0.841 bits per heavy atom. The monoisotopic (exact) mass is 609 g/mol. The van der Waals surface area contributed by atoms with E-state index in [-0.39, 0.29) is 46.9 Å². The lowest BCUT2D eigenvalue weighted by molar-refractivity contribution is -0.127. The number of aliphatic hydroxyl groups is 1. The highest BCUT2D eigenvalue weighted by atomic mass is 16.3. The molecule has 0 heterocycles. The number of amides is 4. The average Bonchev–Trinajstić information content (AvgIpc) is 2.99. The van der Waals surface area contributed by atoms with Gasteiger partial charge in [-0.1, -0.05) is 65.0 Å². The van der Waals surface area contributed by atoms with Crippen molar-refractivity contribution in [1.29, 1.82) is 0 Å². The first-order chi connectivity index (χ1) is 20.9. The summed E-state index contributed by atoms with van der Waals surface area (Å²) in [7, 11) is 3.23. The Hall–Kier alpha value is -3.76.